The number of aromatic nitrogens is 2. The highest BCUT2D eigenvalue weighted by Crippen LogP contribution is 2.29. The summed E-state index contributed by atoms with van der Waals surface area (Å²) in [5.74, 6) is 0.531. The number of carbonyl (C=O) groups excluding carboxylic acids is 1. The number of hydrogen-bond acceptors (Lipinski definition) is 9. The SMILES string of the molecule is O=C(CSc1nnc(NC2=NS(=O)(=O)c3ccccc32)s1)N1CCOCC1. The summed E-state index contributed by atoms with van der Waals surface area (Å²) in [5, 5.41) is 11.4. The predicted octanol–water partition coefficient (Wildman–Crippen LogP) is 1.05. The molecule has 1 N–H and O–H groups in total. The summed E-state index contributed by atoms with van der Waals surface area (Å²) in [6, 6.07) is 6.60. The number of fused-ring (bicyclic) bond motifs is 1. The van der Waals surface area contributed by atoms with Gasteiger partial charge < -0.3 is 15.0 Å². The van der Waals surface area contributed by atoms with Gasteiger partial charge in [-0.05, 0) is 12.1 Å². The average molecular weight is 426 g/mol. The van der Waals surface area contributed by atoms with Gasteiger partial charge in [-0.2, -0.15) is 8.42 Å². The number of amidine groups is 1. The Morgan fingerprint density at radius 3 is 2.85 bits per heavy atom. The standard InChI is InChI=1S/C15H15N5O4S3/c21-12(20-5-7-24-8-6-20)9-25-15-18-17-14(26-15)16-13-10-3-1-2-4-11(10)27(22,23)19-13/h1-4H,5-9H2,(H,16,17,19). The van der Waals surface area contributed by atoms with Crippen molar-refractivity contribution < 1.29 is 17.9 Å². The van der Waals surface area contributed by atoms with Crippen molar-refractivity contribution in [1.82, 2.24) is 15.1 Å². The third kappa shape index (κ3) is 3.98. The second kappa shape index (κ2) is 7.54. The molecule has 0 spiro atoms. The second-order valence-corrected chi connectivity index (χ2v) is 9.46. The van der Waals surface area contributed by atoms with Gasteiger partial charge in [-0.1, -0.05) is 35.2 Å². The van der Waals surface area contributed by atoms with E-state index in [9.17, 15) is 13.2 Å². The zero-order valence-corrected chi connectivity index (χ0v) is 16.4. The molecule has 2 aliphatic rings. The van der Waals surface area contributed by atoms with Crippen molar-refractivity contribution in [2.45, 2.75) is 9.24 Å². The van der Waals surface area contributed by atoms with Crippen molar-refractivity contribution >= 4 is 50.0 Å². The van der Waals surface area contributed by atoms with E-state index in [1.807, 2.05) is 0 Å². The lowest BCUT2D eigenvalue weighted by molar-refractivity contribution is -0.132. The van der Waals surface area contributed by atoms with Gasteiger partial charge in [0.25, 0.3) is 10.0 Å². The van der Waals surface area contributed by atoms with Gasteiger partial charge in [0.05, 0.1) is 19.0 Å². The molecule has 1 aromatic heterocycles. The van der Waals surface area contributed by atoms with Crippen molar-refractivity contribution in [3.8, 4) is 0 Å². The molecular weight excluding hydrogens is 410 g/mol. The van der Waals surface area contributed by atoms with Gasteiger partial charge in [0.2, 0.25) is 11.0 Å². The minimum Gasteiger partial charge on any atom is -0.378 e. The molecule has 0 bridgehead atoms. The number of hydrogen-bond donors (Lipinski definition) is 1. The number of morpholine rings is 1. The first kappa shape index (κ1) is 18.3. The molecule has 0 atom stereocenters. The lowest BCUT2D eigenvalue weighted by Gasteiger charge is -2.26. The first-order valence-electron chi connectivity index (χ1n) is 8.06. The van der Waals surface area contributed by atoms with Gasteiger partial charge in [-0.25, -0.2) is 0 Å². The van der Waals surface area contributed by atoms with E-state index in [-0.39, 0.29) is 22.4 Å². The van der Waals surface area contributed by atoms with Gasteiger partial charge in [-0.15, -0.1) is 14.6 Å². The second-order valence-electron chi connectivity index (χ2n) is 5.69. The molecular formula is C15H15N5O4S3. The van der Waals surface area contributed by atoms with Crippen LogP contribution in [0.15, 0.2) is 37.9 Å². The summed E-state index contributed by atoms with van der Waals surface area (Å²) in [6.45, 7) is 2.34. The highest BCUT2D eigenvalue weighted by atomic mass is 32.2. The summed E-state index contributed by atoms with van der Waals surface area (Å²) in [5.41, 5.74) is 0.504. The summed E-state index contributed by atoms with van der Waals surface area (Å²) >= 11 is 2.54. The minimum atomic E-state index is -3.69. The Kier molecular flexibility index (Phi) is 5.12. The molecule has 1 amide bonds. The zero-order chi connectivity index (χ0) is 18.9. The van der Waals surface area contributed by atoms with Crippen molar-refractivity contribution in [1.29, 1.82) is 0 Å². The molecule has 0 unspecified atom stereocenters. The maximum atomic E-state index is 12.2. The Bertz CT molecular complexity index is 998. The van der Waals surface area contributed by atoms with Crippen LogP contribution in [0.2, 0.25) is 0 Å². The fourth-order valence-electron chi connectivity index (χ4n) is 2.64. The van der Waals surface area contributed by atoms with Crippen LogP contribution in [0.4, 0.5) is 5.13 Å². The van der Waals surface area contributed by atoms with Crippen LogP contribution < -0.4 is 5.32 Å². The van der Waals surface area contributed by atoms with Crippen molar-refractivity contribution in [3.05, 3.63) is 29.8 Å². The molecule has 1 aromatic carbocycles. The molecule has 0 saturated carbocycles. The van der Waals surface area contributed by atoms with Gasteiger partial charge in [0, 0.05) is 18.7 Å². The first-order chi connectivity index (χ1) is 13.0. The smallest absolute Gasteiger partial charge is 0.285 e. The number of amides is 1. The number of rotatable bonds is 4. The van der Waals surface area contributed by atoms with E-state index < -0.39 is 10.0 Å². The number of nitrogens with zero attached hydrogens (tertiary/aromatic N) is 4. The molecule has 4 rings (SSSR count). The largest absolute Gasteiger partial charge is 0.378 e. The number of carbonyl (C=O) groups is 1. The maximum absolute atomic E-state index is 12.2. The Morgan fingerprint density at radius 1 is 1.26 bits per heavy atom. The Hall–Kier alpha value is -2.02. The monoisotopic (exact) mass is 425 g/mol. The molecule has 0 radical (unpaired) electrons. The molecule has 12 heteroatoms. The van der Waals surface area contributed by atoms with E-state index in [0.29, 0.717) is 41.3 Å². The highest BCUT2D eigenvalue weighted by molar-refractivity contribution is 8.01. The van der Waals surface area contributed by atoms with E-state index in [0.717, 1.165) is 0 Å². The van der Waals surface area contributed by atoms with Gasteiger partial charge >= 0.3 is 0 Å². The quantitative estimate of drug-likeness (QED) is 0.723. The zero-order valence-electron chi connectivity index (χ0n) is 14.0. The number of anilines is 1. The molecule has 3 heterocycles. The number of ether oxygens (including phenoxy) is 1. The topological polar surface area (TPSA) is 114 Å². The first-order valence-corrected chi connectivity index (χ1v) is 11.3. The molecule has 9 nitrogen and oxygen atoms in total. The lowest BCUT2D eigenvalue weighted by atomic mass is 10.2. The van der Waals surface area contributed by atoms with E-state index in [4.69, 9.17) is 4.74 Å². The van der Waals surface area contributed by atoms with Crippen molar-refractivity contribution in [2.75, 3.05) is 37.4 Å². The van der Waals surface area contributed by atoms with Crippen LogP contribution in [0.25, 0.3) is 0 Å². The van der Waals surface area contributed by atoms with Crippen LogP contribution in [-0.4, -0.2) is 67.3 Å². The summed E-state index contributed by atoms with van der Waals surface area (Å²) < 4.78 is 33.8. The fraction of sp³-hybridized carbons (Fsp3) is 0.333. The Balaban J connectivity index is 1.40. The minimum absolute atomic E-state index is 0.0354. The fourth-order valence-corrected chi connectivity index (χ4v) is 5.47. The molecule has 142 valence electrons. The summed E-state index contributed by atoms with van der Waals surface area (Å²) in [7, 11) is -3.69. The molecule has 27 heavy (non-hydrogen) atoms. The van der Waals surface area contributed by atoms with Crippen LogP contribution in [-0.2, 0) is 19.6 Å². The number of nitrogens with one attached hydrogen (secondary N) is 1. The van der Waals surface area contributed by atoms with Gasteiger partial charge in [0.15, 0.2) is 10.2 Å². The molecule has 1 fully saturated rings. The number of sulfonamides is 1. The van der Waals surface area contributed by atoms with E-state index in [1.165, 1.54) is 29.2 Å². The predicted molar refractivity (Wildman–Crippen MR) is 102 cm³/mol. The Morgan fingerprint density at radius 2 is 2.04 bits per heavy atom. The van der Waals surface area contributed by atoms with Crippen molar-refractivity contribution in [2.24, 2.45) is 4.40 Å². The summed E-state index contributed by atoms with van der Waals surface area (Å²) in [6.07, 6.45) is 0. The molecule has 0 aliphatic carbocycles. The van der Waals surface area contributed by atoms with Crippen LogP contribution in [0, 0.1) is 0 Å². The van der Waals surface area contributed by atoms with Gasteiger partial charge in [-0.3, -0.25) is 4.79 Å². The van der Waals surface area contributed by atoms with E-state index in [2.05, 4.69) is 19.9 Å². The number of thioether (sulfide) groups is 1. The van der Waals surface area contributed by atoms with E-state index in [1.54, 1.807) is 23.1 Å². The third-order valence-corrected chi connectivity index (χ3v) is 7.24. The van der Waals surface area contributed by atoms with Gasteiger partial charge in [0.1, 0.15) is 4.90 Å². The van der Waals surface area contributed by atoms with E-state index >= 15 is 0 Å². The average Bonchev–Trinajstić information content (AvgIpc) is 3.23. The Labute approximate surface area is 163 Å². The molecule has 2 aromatic rings. The lowest BCUT2D eigenvalue weighted by Crippen LogP contribution is -2.41. The van der Waals surface area contributed by atoms with Crippen LogP contribution >= 0.6 is 23.1 Å². The van der Waals surface area contributed by atoms with Crippen molar-refractivity contribution in [3.63, 3.8) is 0 Å². The third-order valence-electron chi connectivity index (χ3n) is 3.95. The number of benzene rings is 1. The maximum Gasteiger partial charge on any atom is 0.285 e. The highest BCUT2D eigenvalue weighted by Gasteiger charge is 2.29. The normalized spacial score (nSPS) is 18.1. The van der Waals surface area contributed by atoms with Crippen LogP contribution in [0.5, 0.6) is 0 Å². The molecule has 2 aliphatic heterocycles. The van der Waals surface area contributed by atoms with Crippen LogP contribution in [0.1, 0.15) is 5.56 Å². The molecule has 1 saturated heterocycles. The van der Waals surface area contributed by atoms with Crippen LogP contribution in [0.3, 0.4) is 0 Å². The summed E-state index contributed by atoms with van der Waals surface area (Å²) in [4.78, 5) is 14.1.